The highest BCUT2D eigenvalue weighted by Gasteiger charge is 2.37. The van der Waals surface area contributed by atoms with Crippen LogP contribution in [0, 0.1) is 17.8 Å². The van der Waals surface area contributed by atoms with Gasteiger partial charge < -0.3 is 9.84 Å². The average molecular weight is 507 g/mol. The van der Waals surface area contributed by atoms with E-state index in [2.05, 4.69) is 37.5 Å². The molecule has 0 amide bonds. The van der Waals surface area contributed by atoms with E-state index in [1.54, 1.807) is 12.1 Å². The molecule has 0 bridgehead atoms. The Morgan fingerprint density at radius 1 is 1.19 bits per heavy atom. The van der Waals surface area contributed by atoms with Crippen molar-refractivity contribution in [2.45, 2.75) is 44.5 Å². The number of hydrogen-bond acceptors (Lipinski definition) is 6. The van der Waals surface area contributed by atoms with Gasteiger partial charge in [0.1, 0.15) is 11.9 Å². The lowest BCUT2D eigenvalue weighted by molar-refractivity contribution is -0.118. The molecule has 0 aromatic heterocycles. The monoisotopic (exact) mass is 506 g/mol. The Morgan fingerprint density at radius 2 is 1.92 bits per heavy atom. The van der Waals surface area contributed by atoms with E-state index < -0.39 is 5.92 Å². The number of phenolic OH excluding ortho intramolecular Hbond substituents is 1. The largest absolute Gasteiger partial charge is 0.508 e. The highest BCUT2D eigenvalue weighted by Crippen LogP contribution is 2.44. The fraction of sp³-hybridized carbons (Fsp3) is 0.433. The summed E-state index contributed by atoms with van der Waals surface area (Å²) in [5.41, 5.74) is 2.57. The third-order valence-corrected chi connectivity index (χ3v) is 8.24. The van der Waals surface area contributed by atoms with E-state index in [4.69, 9.17) is 9.88 Å². The lowest BCUT2D eigenvalue weighted by Gasteiger charge is -2.39. The van der Waals surface area contributed by atoms with Gasteiger partial charge in [-0.1, -0.05) is 80.5 Å². The predicted molar refractivity (Wildman–Crippen MR) is 148 cm³/mol. The quantitative estimate of drug-likeness (QED) is 0.289. The summed E-state index contributed by atoms with van der Waals surface area (Å²) < 4.78 is 6.18. The number of aromatic hydroxyl groups is 1. The van der Waals surface area contributed by atoms with Crippen molar-refractivity contribution in [1.82, 2.24) is 4.90 Å². The number of Topliss-reactive ketones (excluding diaryl/α,β-unsaturated/α-hetero) is 1. The Kier molecular flexibility index (Phi) is 8.94. The maximum atomic E-state index is 14.1. The number of ether oxygens (including phenoxy) is 1. The molecule has 2 aliphatic carbocycles. The molecule has 1 aromatic rings. The molecule has 0 spiro atoms. The lowest BCUT2D eigenvalue weighted by Crippen LogP contribution is -2.52. The number of allylic oxidation sites excluding steroid dienone is 9. The average Bonchev–Trinajstić information content (AvgIpc) is 2.86. The number of nitrogens with two attached hydrogens (primary N) is 1. The van der Waals surface area contributed by atoms with Crippen molar-refractivity contribution in [3.05, 3.63) is 89.8 Å². The van der Waals surface area contributed by atoms with Crippen molar-refractivity contribution in [3.8, 4) is 5.75 Å². The normalized spacial score (nSPS) is 23.9. The van der Waals surface area contributed by atoms with E-state index in [1.165, 1.54) is 11.9 Å². The molecule has 36 heavy (non-hydrogen) atoms. The zero-order chi connectivity index (χ0) is 25.7. The molecule has 1 saturated heterocycles. The minimum atomic E-state index is -0.482. The topological polar surface area (TPSA) is 75.8 Å². The first-order valence-electron chi connectivity index (χ1n) is 12.9. The number of carbonyl (C=O) groups is 1. The minimum Gasteiger partial charge on any atom is -0.508 e. The summed E-state index contributed by atoms with van der Waals surface area (Å²) in [6, 6.07) is 6.97. The lowest BCUT2D eigenvalue weighted by atomic mass is 9.74. The first kappa shape index (κ1) is 26.5. The third kappa shape index (κ3) is 6.05. The Labute approximate surface area is 219 Å². The summed E-state index contributed by atoms with van der Waals surface area (Å²) in [6.07, 6.45) is 15.0. The second kappa shape index (κ2) is 12.1. The van der Waals surface area contributed by atoms with Crippen LogP contribution in [0.25, 0.3) is 0 Å². The smallest absolute Gasteiger partial charge is 0.167 e. The van der Waals surface area contributed by atoms with Crippen LogP contribution in [0.2, 0.25) is 0 Å². The van der Waals surface area contributed by atoms with Crippen LogP contribution >= 0.6 is 11.9 Å². The number of likely N-dealkylation sites (tertiary alicyclic amines) is 1. The van der Waals surface area contributed by atoms with Crippen LogP contribution in [0.1, 0.15) is 43.9 Å². The van der Waals surface area contributed by atoms with Gasteiger partial charge in [-0.05, 0) is 54.6 Å². The number of ketones is 1. The summed E-state index contributed by atoms with van der Waals surface area (Å²) in [6.45, 7) is 11.9. The SMILES string of the molecule is C=C([C@@H](C(=O)C1=CC=C(OC2CN(CCC)C2)CC1)C(SN)c1ccc(O)cc1)[C@@H]1C=CC=CC1C. The van der Waals surface area contributed by atoms with Crippen LogP contribution in [0.15, 0.2) is 84.2 Å². The fourth-order valence-corrected chi connectivity index (χ4v) is 6.10. The van der Waals surface area contributed by atoms with Crippen molar-refractivity contribution in [1.29, 1.82) is 0 Å². The van der Waals surface area contributed by atoms with E-state index in [9.17, 15) is 9.90 Å². The second-order valence-corrected chi connectivity index (χ2v) is 10.8. The number of carbonyl (C=O) groups excluding carboxylic acids is 1. The van der Waals surface area contributed by atoms with Gasteiger partial charge in [0.15, 0.2) is 5.78 Å². The summed E-state index contributed by atoms with van der Waals surface area (Å²) in [5.74, 6) is 1.03. The van der Waals surface area contributed by atoms with Gasteiger partial charge in [-0.3, -0.25) is 14.8 Å². The third-order valence-electron chi connectivity index (χ3n) is 7.40. The summed E-state index contributed by atoms with van der Waals surface area (Å²) >= 11 is 1.17. The maximum absolute atomic E-state index is 14.1. The standard InChI is InChI=1S/C30H38N2O3S/c1-4-17-32-18-26(19-32)35-25-15-11-22(12-16-25)29(34)28(21(3)27-8-6-5-7-20(27)2)30(36-31)23-9-13-24(33)14-10-23/h5-11,13-15,20,26-28,30,33H,3-4,12,16-19,31H2,1-2H3/t20?,27-,28+,30?/m1/s1. The molecule has 1 aromatic carbocycles. The maximum Gasteiger partial charge on any atom is 0.167 e. The van der Waals surface area contributed by atoms with E-state index in [-0.39, 0.29) is 34.7 Å². The van der Waals surface area contributed by atoms with E-state index in [1.807, 2.05) is 36.4 Å². The van der Waals surface area contributed by atoms with Gasteiger partial charge >= 0.3 is 0 Å². The van der Waals surface area contributed by atoms with E-state index >= 15 is 0 Å². The van der Waals surface area contributed by atoms with Crippen LogP contribution in [0.3, 0.4) is 0 Å². The van der Waals surface area contributed by atoms with E-state index in [0.29, 0.717) is 6.42 Å². The number of rotatable bonds is 11. The summed E-state index contributed by atoms with van der Waals surface area (Å²) in [5, 5.41) is 15.7. The van der Waals surface area contributed by atoms with Crippen molar-refractivity contribution in [2.75, 3.05) is 19.6 Å². The van der Waals surface area contributed by atoms with Gasteiger partial charge in [0.2, 0.25) is 0 Å². The Hall–Kier alpha value is -2.54. The molecule has 192 valence electrons. The van der Waals surface area contributed by atoms with Crippen LogP contribution < -0.4 is 5.14 Å². The van der Waals surface area contributed by atoms with Crippen molar-refractivity contribution in [3.63, 3.8) is 0 Å². The molecule has 1 fully saturated rings. The number of nitrogens with zero attached hydrogens (tertiary/aromatic N) is 1. The summed E-state index contributed by atoms with van der Waals surface area (Å²) in [4.78, 5) is 16.5. The molecule has 1 heterocycles. The molecule has 1 aliphatic heterocycles. The van der Waals surface area contributed by atoms with Gasteiger partial charge in [-0.15, -0.1) is 0 Å². The first-order chi connectivity index (χ1) is 17.4. The van der Waals surface area contributed by atoms with Gasteiger partial charge in [-0.25, -0.2) is 0 Å². The molecule has 3 aliphatic rings. The molecule has 6 heteroatoms. The Morgan fingerprint density at radius 3 is 2.53 bits per heavy atom. The first-order valence-corrected chi connectivity index (χ1v) is 13.9. The van der Waals surface area contributed by atoms with Gasteiger partial charge in [-0.2, -0.15) is 0 Å². The van der Waals surface area contributed by atoms with Crippen LogP contribution in [0.4, 0.5) is 0 Å². The molecular weight excluding hydrogens is 468 g/mol. The molecule has 0 radical (unpaired) electrons. The van der Waals surface area contributed by atoms with Crippen molar-refractivity contribution in [2.24, 2.45) is 22.9 Å². The molecular formula is C30H38N2O3S. The van der Waals surface area contributed by atoms with Gasteiger partial charge in [0, 0.05) is 25.4 Å². The van der Waals surface area contributed by atoms with Crippen molar-refractivity contribution >= 4 is 17.7 Å². The molecule has 5 nitrogen and oxygen atoms in total. The van der Waals surface area contributed by atoms with Crippen LogP contribution in [-0.2, 0) is 9.53 Å². The molecule has 4 rings (SSSR count). The molecule has 2 unspecified atom stereocenters. The summed E-state index contributed by atoms with van der Waals surface area (Å²) in [7, 11) is 0. The number of benzene rings is 1. The molecule has 0 saturated carbocycles. The highest BCUT2D eigenvalue weighted by atomic mass is 32.2. The van der Waals surface area contributed by atoms with Crippen molar-refractivity contribution < 1.29 is 14.6 Å². The zero-order valence-corrected chi connectivity index (χ0v) is 22.1. The molecule has 4 atom stereocenters. The minimum absolute atomic E-state index is 0.0547. The fourth-order valence-electron chi connectivity index (χ4n) is 5.33. The number of hydrogen-bond donors (Lipinski definition) is 2. The number of phenols is 1. The Bertz CT molecular complexity index is 1070. The van der Waals surface area contributed by atoms with Crippen LogP contribution in [-0.4, -0.2) is 41.5 Å². The second-order valence-electron chi connectivity index (χ2n) is 10.0. The predicted octanol–water partition coefficient (Wildman–Crippen LogP) is 5.87. The van der Waals surface area contributed by atoms with Gasteiger partial charge in [0.25, 0.3) is 0 Å². The molecule has 3 N–H and O–H groups in total. The highest BCUT2D eigenvalue weighted by molar-refractivity contribution is 7.97. The van der Waals surface area contributed by atoms with E-state index in [0.717, 1.165) is 54.9 Å². The zero-order valence-electron chi connectivity index (χ0n) is 21.3. The van der Waals surface area contributed by atoms with Gasteiger partial charge in [0.05, 0.1) is 16.9 Å². The van der Waals surface area contributed by atoms with Crippen LogP contribution in [0.5, 0.6) is 5.75 Å². The Balaban J connectivity index is 1.55.